The molecule has 0 saturated carbocycles. The highest BCUT2D eigenvalue weighted by Gasteiger charge is 2.37. The zero-order chi connectivity index (χ0) is 23.1. The van der Waals surface area contributed by atoms with E-state index in [1.54, 1.807) is 4.90 Å². The quantitative estimate of drug-likeness (QED) is 0.398. The molecule has 2 aliphatic heterocycles. The second-order valence-corrected chi connectivity index (χ2v) is 9.02. The summed E-state index contributed by atoms with van der Waals surface area (Å²) in [5.74, 6) is 1.03. The van der Waals surface area contributed by atoms with E-state index in [1.165, 1.54) is 0 Å². The van der Waals surface area contributed by atoms with Gasteiger partial charge >= 0.3 is 12.4 Å². The average Bonchev–Trinajstić information content (AvgIpc) is 2.72. The van der Waals surface area contributed by atoms with Gasteiger partial charge in [-0.1, -0.05) is 15.9 Å². The second kappa shape index (κ2) is 8.74. The Morgan fingerprint density at radius 3 is 2.31 bits per heavy atom. The number of hydrogen-bond acceptors (Lipinski definition) is 2. The molecule has 0 N–H and O–H groups in total. The topological polar surface area (TPSA) is 12.5 Å². The summed E-state index contributed by atoms with van der Waals surface area (Å²) in [6.07, 6.45) is -5.88. The Balaban J connectivity index is 1.46. The molecule has 9 heteroatoms. The van der Waals surface area contributed by atoms with Crippen molar-refractivity contribution in [2.75, 3.05) is 19.7 Å². The normalized spacial score (nSPS) is 18.2. The molecule has 0 amide bonds. The lowest BCUT2D eigenvalue weighted by Crippen LogP contribution is -2.35. The summed E-state index contributed by atoms with van der Waals surface area (Å²) in [6.45, 7) is 1.30. The highest BCUT2D eigenvalue weighted by Crippen LogP contribution is 2.38. The number of piperidine rings is 1. The Morgan fingerprint density at radius 1 is 0.938 bits per heavy atom. The number of fused-ring (bicyclic) bond motifs is 1. The number of ether oxygens (including phenoxy) is 1. The molecule has 172 valence electrons. The van der Waals surface area contributed by atoms with Crippen molar-refractivity contribution in [3.8, 4) is 5.75 Å². The molecule has 1 saturated heterocycles. The lowest BCUT2D eigenvalue weighted by Gasteiger charge is -2.34. The van der Waals surface area contributed by atoms with Crippen LogP contribution in [0.15, 0.2) is 46.4 Å². The molecule has 4 rings (SSSR count). The molecular weight excluding hydrogens is 500 g/mol. The number of alkyl halides is 6. The number of halogens is 7. The molecule has 0 aromatic heterocycles. The van der Waals surface area contributed by atoms with Crippen LogP contribution in [-0.4, -0.2) is 24.6 Å². The molecule has 32 heavy (non-hydrogen) atoms. The van der Waals surface area contributed by atoms with Crippen molar-refractivity contribution in [3.63, 3.8) is 0 Å². The van der Waals surface area contributed by atoms with Crippen molar-refractivity contribution in [1.29, 1.82) is 0 Å². The minimum Gasteiger partial charge on any atom is -0.489 e. The van der Waals surface area contributed by atoms with Crippen LogP contribution in [0.3, 0.4) is 0 Å². The zero-order valence-corrected chi connectivity index (χ0v) is 18.4. The van der Waals surface area contributed by atoms with Crippen LogP contribution >= 0.6 is 15.9 Å². The van der Waals surface area contributed by atoms with Crippen LogP contribution in [0.4, 0.5) is 26.3 Å². The fraction of sp³-hybridized carbons (Fsp3) is 0.391. The summed E-state index contributed by atoms with van der Waals surface area (Å²) in [6, 6.07) is 7.41. The zero-order valence-electron chi connectivity index (χ0n) is 16.9. The third-order valence-corrected chi connectivity index (χ3v) is 6.44. The number of likely N-dealkylation sites (tertiary alicyclic amines) is 1. The first-order chi connectivity index (χ1) is 15.0. The van der Waals surface area contributed by atoms with Crippen LogP contribution < -0.4 is 4.74 Å². The molecule has 0 bridgehead atoms. The molecule has 1 fully saturated rings. The molecule has 0 atom stereocenters. The van der Waals surface area contributed by atoms with Crippen LogP contribution in [0.1, 0.15) is 35.1 Å². The van der Waals surface area contributed by atoms with Gasteiger partial charge in [0, 0.05) is 16.6 Å². The van der Waals surface area contributed by atoms with E-state index in [0.717, 1.165) is 21.4 Å². The lowest BCUT2D eigenvalue weighted by molar-refractivity contribution is -0.142. The molecule has 0 radical (unpaired) electrons. The summed E-state index contributed by atoms with van der Waals surface area (Å²) in [4.78, 5) is 1.79. The summed E-state index contributed by atoms with van der Waals surface area (Å²) in [5.41, 5.74) is -0.320. The van der Waals surface area contributed by atoms with Crippen molar-refractivity contribution >= 4 is 22.0 Å². The minimum absolute atomic E-state index is 0.170. The van der Waals surface area contributed by atoms with E-state index < -0.39 is 23.5 Å². The maximum absolute atomic E-state index is 13.4. The summed E-state index contributed by atoms with van der Waals surface area (Å²) >= 11 is 3.44. The summed E-state index contributed by atoms with van der Waals surface area (Å²) in [5, 5.41) is 0. The van der Waals surface area contributed by atoms with Crippen LogP contribution in [0.5, 0.6) is 5.75 Å². The first-order valence-corrected chi connectivity index (χ1v) is 10.9. The smallest absolute Gasteiger partial charge is 0.416 e. The number of benzene rings is 2. The third kappa shape index (κ3) is 5.14. The highest BCUT2D eigenvalue weighted by molar-refractivity contribution is 9.10. The van der Waals surface area contributed by atoms with Gasteiger partial charge in [-0.3, -0.25) is 4.90 Å². The van der Waals surface area contributed by atoms with Gasteiger partial charge in [0.15, 0.2) is 0 Å². The SMILES string of the molecule is FC(F)(F)c1ccc(C(F)(F)F)c(CN2CCC(C3=Cc4cc(Br)ccc4OC3)CC2)c1. The van der Waals surface area contributed by atoms with E-state index in [4.69, 9.17) is 4.74 Å². The van der Waals surface area contributed by atoms with Gasteiger partial charge < -0.3 is 4.74 Å². The summed E-state index contributed by atoms with van der Waals surface area (Å²) in [7, 11) is 0. The predicted molar refractivity (Wildman–Crippen MR) is 112 cm³/mol. The van der Waals surface area contributed by atoms with Crippen LogP contribution in [0, 0.1) is 5.92 Å². The molecule has 2 heterocycles. The van der Waals surface area contributed by atoms with Crippen molar-refractivity contribution in [1.82, 2.24) is 4.90 Å². The maximum atomic E-state index is 13.4. The molecule has 2 aliphatic rings. The third-order valence-electron chi connectivity index (χ3n) is 5.95. The molecule has 0 spiro atoms. The van der Waals surface area contributed by atoms with E-state index >= 15 is 0 Å². The van der Waals surface area contributed by atoms with E-state index in [1.807, 2.05) is 18.2 Å². The van der Waals surface area contributed by atoms with Crippen LogP contribution in [-0.2, 0) is 18.9 Å². The van der Waals surface area contributed by atoms with Gasteiger partial charge in [0.25, 0.3) is 0 Å². The summed E-state index contributed by atoms with van der Waals surface area (Å²) < 4.78 is 86.0. The van der Waals surface area contributed by atoms with Gasteiger partial charge in [-0.05, 0) is 85.5 Å². The van der Waals surface area contributed by atoms with Crippen molar-refractivity contribution in [3.05, 3.63) is 68.7 Å². The first kappa shape index (κ1) is 23.2. The Morgan fingerprint density at radius 2 is 1.66 bits per heavy atom. The largest absolute Gasteiger partial charge is 0.489 e. The van der Waals surface area contributed by atoms with Crippen molar-refractivity contribution < 1.29 is 31.1 Å². The fourth-order valence-electron chi connectivity index (χ4n) is 4.28. The standard InChI is InChI=1S/C23H20BrF6NO/c24-19-2-4-21-15(11-19)9-17(13-32-21)14-5-7-31(8-6-14)12-16-10-18(22(25,26)27)1-3-20(16)23(28,29)30/h1-4,9-11,14H,5-8,12-13H2. The molecule has 0 unspecified atom stereocenters. The Hall–Kier alpha value is -2.00. The molecule has 2 aromatic carbocycles. The van der Waals surface area contributed by atoms with Crippen molar-refractivity contribution in [2.24, 2.45) is 5.92 Å². The van der Waals surface area contributed by atoms with Gasteiger partial charge in [0.1, 0.15) is 12.4 Å². The number of nitrogens with zero attached hydrogens (tertiary/aromatic N) is 1. The maximum Gasteiger partial charge on any atom is 0.416 e. The Bertz CT molecular complexity index is 1020. The monoisotopic (exact) mass is 519 g/mol. The first-order valence-electron chi connectivity index (χ1n) is 10.1. The Kier molecular flexibility index (Phi) is 6.33. The highest BCUT2D eigenvalue weighted by atomic mass is 79.9. The van der Waals surface area contributed by atoms with Gasteiger partial charge in [-0.2, -0.15) is 26.3 Å². The van der Waals surface area contributed by atoms with E-state index in [-0.39, 0.29) is 18.0 Å². The molecule has 2 aromatic rings. The second-order valence-electron chi connectivity index (χ2n) is 8.11. The molecule has 0 aliphatic carbocycles. The van der Waals surface area contributed by atoms with Gasteiger partial charge in [-0.15, -0.1) is 0 Å². The molecule has 2 nitrogen and oxygen atoms in total. The Labute approximate surface area is 190 Å². The fourth-order valence-corrected chi connectivity index (χ4v) is 4.66. The van der Waals surface area contributed by atoms with Crippen LogP contribution in [0.2, 0.25) is 0 Å². The van der Waals surface area contributed by atoms with Gasteiger partial charge in [0.05, 0.1) is 11.1 Å². The minimum atomic E-state index is -4.70. The van der Waals surface area contributed by atoms with E-state index in [2.05, 4.69) is 22.0 Å². The number of hydrogen-bond donors (Lipinski definition) is 0. The lowest BCUT2D eigenvalue weighted by atomic mass is 9.87. The average molecular weight is 520 g/mol. The predicted octanol–water partition coefficient (Wildman–Crippen LogP) is 7.17. The molecular formula is C23H20BrF6NO. The van der Waals surface area contributed by atoms with Gasteiger partial charge in [0.2, 0.25) is 0 Å². The number of rotatable bonds is 3. The van der Waals surface area contributed by atoms with E-state index in [0.29, 0.717) is 50.7 Å². The van der Waals surface area contributed by atoms with Crippen molar-refractivity contribution in [2.45, 2.75) is 31.7 Å². The van der Waals surface area contributed by atoms with E-state index in [9.17, 15) is 26.3 Å². The van der Waals surface area contributed by atoms with Gasteiger partial charge in [-0.25, -0.2) is 0 Å². The van der Waals surface area contributed by atoms with Crippen LogP contribution in [0.25, 0.3) is 6.08 Å².